The minimum absolute atomic E-state index is 0.0955. The standard InChI is InChI=1S/C48H65N5O5/c1-5-6-7-17-28-52(39-19-11-8-12-20-39)44(54)25-18-29-57-42-26-27-43-38(32-42)33-51(34-45(55)58-46-36(3)30-35(2)31-37(46)4)47(49-43)50-48(56)53(40-21-13-9-14-22-40)41-23-15-10-16-24-41/h8,11-12,19-20,26-27,30-32,40-41H,5-7,9-10,13-18,21-25,28-29,33-34H2,1-4H3,(H,49,50,56). The van der Waals surface area contributed by atoms with E-state index in [4.69, 9.17) is 14.5 Å². The molecule has 0 spiro atoms. The van der Waals surface area contributed by atoms with Crippen molar-refractivity contribution in [2.24, 2.45) is 4.99 Å². The predicted octanol–water partition coefficient (Wildman–Crippen LogP) is 10.5. The molecule has 3 amide bonds. The number of nitrogens with zero attached hydrogens (tertiary/aromatic N) is 4. The number of aryl methyl sites for hydroxylation is 3. The Morgan fingerprint density at radius 3 is 2.14 bits per heavy atom. The Morgan fingerprint density at radius 2 is 1.48 bits per heavy atom. The van der Waals surface area contributed by atoms with Crippen molar-refractivity contribution in [3.8, 4) is 11.5 Å². The number of ether oxygens (including phenoxy) is 2. The van der Waals surface area contributed by atoms with Crippen LogP contribution in [-0.4, -0.2) is 65.4 Å². The fraction of sp³-hybridized carbons (Fsp3) is 0.542. The number of amides is 3. The monoisotopic (exact) mass is 791 g/mol. The quantitative estimate of drug-likeness (QED) is 0.0880. The Hall–Kier alpha value is -4.86. The molecule has 3 aliphatic rings. The highest BCUT2D eigenvalue weighted by molar-refractivity contribution is 5.99. The van der Waals surface area contributed by atoms with Crippen LogP contribution < -0.4 is 19.7 Å². The summed E-state index contributed by atoms with van der Waals surface area (Å²) in [5.41, 5.74) is 5.43. The van der Waals surface area contributed by atoms with Crippen LogP contribution >= 0.6 is 0 Å². The third-order valence-corrected chi connectivity index (χ3v) is 11.9. The first kappa shape index (κ1) is 42.7. The summed E-state index contributed by atoms with van der Waals surface area (Å²) in [7, 11) is 0. The minimum Gasteiger partial charge on any atom is -0.494 e. The van der Waals surface area contributed by atoms with E-state index in [9.17, 15) is 14.4 Å². The molecule has 2 fully saturated rings. The van der Waals surface area contributed by atoms with Crippen LogP contribution in [0.3, 0.4) is 0 Å². The Bertz CT molecular complexity index is 1830. The lowest BCUT2D eigenvalue weighted by Crippen LogP contribution is -2.57. The van der Waals surface area contributed by atoms with Gasteiger partial charge in [-0.15, -0.1) is 0 Å². The Kier molecular flexibility index (Phi) is 15.6. The number of urea groups is 1. The summed E-state index contributed by atoms with van der Waals surface area (Å²) in [5.74, 6) is 1.26. The van der Waals surface area contributed by atoms with Crippen LogP contribution in [-0.2, 0) is 16.1 Å². The van der Waals surface area contributed by atoms with Crippen LogP contribution in [0.25, 0.3) is 0 Å². The maximum Gasteiger partial charge on any atom is 0.331 e. The van der Waals surface area contributed by atoms with Gasteiger partial charge in [-0.2, -0.15) is 0 Å². The first-order valence-corrected chi connectivity index (χ1v) is 22.0. The van der Waals surface area contributed by atoms with Crippen molar-refractivity contribution < 1.29 is 23.9 Å². The molecule has 2 saturated carbocycles. The number of rotatable bonds is 16. The molecule has 2 aliphatic carbocycles. The number of carbonyl (C=O) groups is 3. The van der Waals surface area contributed by atoms with Crippen LogP contribution in [0.5, 0.6) is 11.5 Å². The van der Waals surface area contributed by atoms with Crippen LogP contribution in [0.2, 0.25) is 0 Å². The van der Waals surface area contributed by atoms with E-state index < -0.39 is 5.97 Å². The zero-order chi connectivity index (χ0) is 40.9. The van der Waals surface area contributed by atoms with E-state index in [0.717, 1.165) is 104 Å². The highest BCUT2D eigenvalue weighted by Crippen LogP contribution is 2.33. The Labute approximate surface area is 346 Å². The van der Waals surface area contributed by atoms with Crippen LogP contribution in [0.4, 0.5) is 16.2 Å². The summed E-state index contributed by atoms with van der Waals surface area (Å²) in [6.45, 7) is 9.45. The number of guanidine groups is 1. The van der Waals surface area contributed by atoms with Crippen molar-refractivity contribution in [3.05, 3.63) is 82.9 Å². The van der Waals surface area contributed by atoms with Gasteiger partial charge in [-0.05, 0) is 101 Å². The molecule has 0 saturated heterocycles. The molecule has 3 aromatic carbocycles. The number of carbonyl (C=O) groups excluding carboxylic acids is 3. The minimum atomic E-state index is -0.427. The molecule has 6 rings (SSSR count). The van der Waals surface area contributed by atoms with Crippen LogP contribution in [0, 0.1) is 20.8 Å². The van der Waals surface area contributed by atoms with Crippen LogP contribution in [0.15, 0.2) is 65.7 Å². The molecule has 10 nitrogen and oxygen atoms in total. The second-order valence-corrected chi connectivity index (χ2v) is 16.6. The SMILES string of the molecule is CCCCCCN(C(=O)CCCOc1ccc2c(c1)CN(CC(=O)Oc1c(C)cc(C)cc1C)C(NC(=O)N(C1CCCCC1)C1CCCCC1)=N2)c1ccccc1. The number of nitrogens with one attached hydrogen (secondary N) is 1. The lowest BCUT2D eigenvalue weighted by Gasteiger charge is -2.42. The summed E-state index contributed by atoms with van der Waals surface area (Å²) in [6, 6.07) is 20.0. The first-order chi connectivity index (χ1) is 28.2. The lowest BCUT2D eigenvalue weighted by molar-refractivity contribution is -0.135. The molecule has 1 N–H and O–H groups in total. The second-order valence-electron chi connectivity index (χ2n) is 16.6. The summed E-state index contributed by atoms with van der Waals surface area (Å²) in [4.78, 5) is 52.2. The van der Waals surface area contributed by atoms with Crippen molar-refractivity contribution in [2.75, 3.05) is 24.6 Å². The molecule has 0 atom stereocenters. The summed E-state index contributed by atoms with van der Waals surface area (Å²) >= 11 is 0. The van der Waals surface area contributed by atoms with Gasteiger partial charge < -0.3 is 24.2 Å². The first-order valence-electron chi connectivity index (χ1n) is 22.0. The van der Waals surface area contributed by atoms with E-state index in [0.29, 0.717) is 50.0 Å². The van der Waals surface area contributed by atoms with E-state index in [1.54, 1.807) is 0 Å². The number of fused-ring (bicyclic) bond motifs is 1. The number of para-hydroxylation sites is 1. The maximum atomic E-state index is 14.4. The topological polar surface area (TPSA) is 104 Å². The van der Waals surface area contributed by atoms with E-state index >= 15 is 0 Å². The van der Waals surface area contributed by atoms with E-state index in [-0.39, 0.29) is 30.6 Å². The highest BCUT2D eigenvalue weighted by atomic mass is 16.5. The lowest BCUT2D eigenvalue weighted by atomic mass is 9.89. The number of hydrogen-bond acceptors (Lipinski definition) is 7. The van der Waals surface area contributed by atoms with E-state index in [1.165, 1.54) is 19.3 Å². The van der Waals surface area contributed by atoms with Crippen molar-refractivity contribution >= 4 is 35.2 Å². The van der Waals surface area contributed by atoms with Gasteiger partial charge >= 0.3 is 12.0 Å². The number of esters is 1. The summed E-state index contributed by atoms with van der Waals surface area (Å²) in [5, 5.41) is 3.20. The third-order valence-electron chi connectivity index (χ3n) is 11.9. The Morgan fingerprint density at radius 1 is 0.810 bits per heavy atom. The fourth-order valence-corrected chi connectivity index (χ4v) is 8.98. The summed E-state index contributed by atoms with van der Waals surface area (Å²) < 4.78 is 12.2. The Balaban J connectivity index is 1.15. The molecule has 1 aliphatic heterocycles. The largest absolute Gasteiger partial charge is 0.494 e. The predicted molar refractivity (Wildman–Crippen MR) is 232 cm³/mol. The van der Waals surface area contributed by atoms with Gasteiger partial charge in [-0.25, -0.2) is 14.6 Å². The highest BCUT2D eigenvalue weighted by Gasteiger charge is 2.35. The van der Waals surface area contributed by atoms with Gasteiger partial charge in [0.2, 0.25) is 11.9 Å². The molecule has 1 heterocycles. The van der Waals surface area contributed by atoms with Gasteiger partial charge in [-0.3, -0.25) is 10.1 Å². The second kappa shape index (κ2) is 21.2. The van der Waals surface area contributed by atoms with Crippen LogP contribution in [0.1, 0.15) is 132 Å². The van der Waals surface area contributed by atoms with Crippen molar-refractivity contribution in [1.82, 2.24) is 15.1 Å². The van der Waals surface area contributed by atoms with Gasteiger partial charge in [0.05, 0.1) is 12.3 Å². The molecule has 0 unspecified atom stereocenters. The number of hydrogen-bond donors (Lipinski definition) is 1. The zero-order valence-electron chi connectivity index (χ0n) is 35.4. The number of unbranched alkanes of at least 4 members (excludes halogenated alkanes) is 3. The smallest absolute Gasteiger partial charge is 0.331 e. The molecule has 312 valence electrons. The summed E-state index contributed by atoms with van der Waals surface area (Å²) in [6.07, 6.45) is 16.4. The van der Waals surface area contributed by atoms with E-state index in [2.05, 4.69) is 17.1 Å². The molecule has 3 aromatic rings. The zero-order valence-corrected chi connectivity index (χ0v) is 35.4. The van der Waals surface area contributed by atoms with E-state index in [1.807, 2.05) is 91.2 Å². The molecular weight excluding hydrogens is 727 g/mol. The molecule has 0 aromatic heterocycles. The van der Waals surface area contributed by atoms with Gasteiger partial charge in [0.15, 0.2) is 0 Å². The van der Waals surface area contributed by atoms with Gasteiger partial charge in [-0.1, -0.05) is 101 Å². The molecule has 0 radical (unpaired) electrons. The molecule has 58 heavy (non-hydrogen) atoms. The molecule has 0 bridgehead atoms. The normalized spacial score (nSPS) is 15.9. The average Bonchev–Trinajstić information content (AvgIpc) is 3.22. The molecule has 10 heteroatoms. The number of aliphatic imine (C=N–C) groups is 1. The fourth-order valence-electron chi connectivity index (χ4n) is 8.98. The van der Waals surface area contributed by atoms with Crippen molar-refractivity contribution in [1.29, 1.82) is 0 Å². The number of anilines is 1. The molecular formula is C48H65N5O5. The van der Waals surface area contributed by atoms with Gasteiger partial charge in [0.25, 0.3) is 0 Å². The van der Waals surface area contributed by atoms with Gasteiger partial charge in [0.1, 0.15) is 18.0 Å². The maximum absolute atomic E-state index is 14.4. The number of benzene rings is 3. The van der Waals surface area contributed by atoms with Crippen molar-refractivity contribution in [2.45, 2.75) is 149 Å². The van der Waals surface area contributed by atoms with Gasteiger partial charge in [0, 0.05) is 42.8 Å². The van der Waals surface area contributed by atoms with Crippen molar-refractivity contribution in [3.63, 3.8) is 0 Å². The third kappa shape index (κ3) is 11.6. The average molecular weight is 792 g/mol.